The maximum Gasteiger partial charge on any atom is 0.253 e. The molecule has 0 unspecified atom stereocenters. The molecule has 1 saturated heterocycles. The molecular formula is C25H29N7O5. The van der Waals surface area contributed by atoms with Crippen LogP contribution in [0.25, 0.3) is 17.0 Å². The maximum atomic E-state index is 12.6. The number of pyridine rings is 1. The van der Waals surface area contributed by atoms with Gasteiger partial charge < -0.3 is 24.4 Å². The lowest BCUT2D eigenvalue weighted by molar-refractivity contribution is 0.0696. The highest BCUT2D eigenvalue weighted by Gasteiger charge is 2.28. The number of hydrogen-bond donors (Lipinski definition) is 2. The lowest BCUT2D eigenvalue weighted by atomic mass is 9.88. The third kappa shape index (κ3) is 5.30. The summed E-state index contributed by atoms with van der Waals surface area (Å²) in [5.41, 5.74) is 2.79. The Morgan fingerprint density at radius 3 is 2.73 bits per heavy atom. The number of fused-ring (bicyclic) bond motifs is 1. The Balaban J connectivity index is 1.36. The van der Waals surface area contributed by atoms with Gasteiger partial charge in [-0.2, -0.15) is 5.10 Å². The van der Waals surface area contributed by atoms with Crippen LogP contribution in [-0.2, 0) is 23.4 Å². The number of ether oxygens (including phenoxy) is 2. The summed E-state index contributed by atoms with van der Waals surface area (Å²) >= 11 is 0. The van der Waals surface area contributed by atoms with Crippen LogP contribution in [0.1, 0.15) is 61.0 Å². The molecule has 0 spiro atoms. The molecule has 12 heteroatoms. The Bertz CT molecular complexity index is 1380. The van der Waals surface area contributed by atoms with Gasteiger partial charge in [0.05, 0.1) is 23.0 Å². The Kier molecular flexibility index (Phi) is 6.85. The number of aliphatic hydroxyl groups excluding tert-OH is 1. The Morgan fingerprint density at radius 2 is 2.05 bits per heavy atom. The number of rotatable bonds is 7. The standard InChI is InChI=1S/C25H29N7O5/c1-25(2,3)21-20-12-27-29-22(19-10-18(13-33)37-31-19)32(20)30-24(21)36-14-17-5-4-15(11-26-17)23(34)28-16-6-8-35-9-7-16/h4-5,10-12,16,33H,6-9,13-14H2,1-3H3,(H,28,34). The van der Waals surface area contributed by atoms with Gasteiger partial charge in [-0.3, -0.25) is 9.78 Å². The maximum absolute atomic E-state index is 12.6. The molecule has 4 aromatic heterocycles. The van der Waals surface area contributed by atoms with Crippen LogP contribution >= 0.6 is 0 Å². The van der Waals surface area contributed by atoms with Crippen LogP contribution in [0.2, 0.25) is 0 Å². The van der Waals surface area contributed by atoms with Crippen molar-refractivity contribution in [1.82, 2.24) is 35.3 Å². The zero-order chi connectivity index (χ0) is 26.0. The number of hydrogen-bond acceptors (Lipinski definition) is 10. The van der Waals surface area contributed by atoms with Gasteiger partial charge in [0.15, 0.2) is 11.5 Å². The van der Waals surface area contributed by atoms with E-state index in [2.05, 4.69) is 51.5 Å². The first-order valence-corrected chi connectivity index (χ1v) is 12.1. The van der Waals surface area contributed by atoms with Crippen molar-refractivity contribution >= 4 is 11.4 Å². The van der Waals surface area contributed by atoms with E-state index >= 15 is 0 Å². The molecule has 194 valence electrons. The zero-order valence-electron chi connectivity index (χ0n) is 21.0. The average Bonchev–Trinajstić information content (AvgIpc) is 3.53. The van der Waals surface area contributed by atoms with Gasteiger partial charge in [0.1, 0.15) is 13.2 Å². The predicted molar refractivity (Wildman–Crippen MR) is 131 cm³/mol. The molecule has 12 nitrogen and oxygen atoms in total. The lowest BCUT2D eigenvalue weighted by Crippen LogP contribution is -2.38. The van der Waals surface area contributed by atoms with Crippen LogP contribution in [0.15, 0.2) is 35.1 Å². The number of nitrogens with zero attached hydrogens (tertiary/aromatic N) is 6. The Morgan fingerprint density at radius 1 is 1.24 bits per heavy atom. The summed E-state index contributed by atoms with van der Waals surface area (Å²) in [4.78, 5) is 17.0. The normalized spacial score (nSPS) is 14.7. The average molecular weight is 508 g/mol. The van der Waals surface area contributed by atoms with Crippen LogP contribution in [0, 0.1) is 0 Å². The largest absolute Gasteiger partial charge is 0.470 e. The molecule has 1 fully saturated rings. The molecule has 1 aliphatic rings. The second kappa shape index (κ2) is 10.2. The van der Waals surface area contributed by atoms with E-state index in [9.17, 15) is 9.90 Å². The quantitative estimate of drug-likeness (QED) is 0.382. The fourth-order valence-electron chi connectivity index (χ4n) is 4.23. The highest BCUT2D eigenvalue weighted by Crippen LogP contribution is 2.36. The molecule has 2 N–H and O–H groups in total. The van der Waals surface area contributed by atoms with Crippen molar-refractivity contribution in [3.8, 4) is 17.4 Å². The highest BCUT2D eigenvalue weighted by atomic mass is 16.5. The first kappa shape index (κ1) is 24.8. The van der Waals surface area contributed by atoms with Gasteiger partial charge in [-0.15, -0.1) is 10.2 Å². The molecule has 0 saturated carbocycles. The number of amides is 1. The third-order valence-electron chi connectivity index (χ3n) is 6.12. The molecule has 0 aromatic carbocycles. The molecule has 5 rings (SSSR count). The summed E-state index contributed by atoms with van der Waals surface area (Å²) in [5, 5.41) is 29.3. The van der Waals surface area contributed by atoms with Crippen molar-refractivity contribution in [3.63, 3.8) is 0 Å². The second-order valence-corrected chi connectivity index (χ2v) is 9.92. The monoisotopic (exact) mass is 507 g/mol. The summed E-state index contributed by atoms with van der Waals surface area (Å²) in [7, 11) is 0. The van der Waals surface area contributed by atoms with Gasteiger partial charge in [0, 0.05) is 37.1 Å². The summed E-state index contributed by atoms with van der Waals surface area (Å²) in [5.74, 6) is 0.938. The molecule has 0 aliphatic carbocycles. The van der Waals surface area contributed by atoms with Crippen molar-refractivity contribution in [2.75, 3.05) is 13.2 Å². The second-order valence-electron chi connectivity index (χ2n) is 9.92. The molecule has 0 bridgehead atoms. The summed E-state index contributed by atoms with van der Waals surface area (Å²) in [6.45, 7) is 7.37. The number of nitrogens with one attached hydrogen (secondary N) is 1. The molecule has 37 heavy (non-hydrogen) atoms. The number of aromatic nitrogens is 6. The summed E-state index contributed by atoms with van der Waals surface area (Å²) in [6.07, 6.45) is 4.80. The van der Waals surface area contributed by atoms with Crippen molar-refractivity contribution in [2.24, 2.45) is 0 Å². The van der Waals surface area contributed by atoms with E-state index in [-0.39, 0.29) is 30.6 Å². The van der Waals surface area contributed by atoms with Crippen LogP contribution in [0.3, 0.4) is 0 Å². The van der Waals surface area contributed by atoms with E-state index in [0.29, 0.717) is 53.1 Å². The number of carbonyl (C=O) groups is 1. The Hall–Kier alpha value is -3.90. The predicted octanol–water partition coefficient (Wildman–Crippen LogP) is 2.45. The molecule has 4 aromatic rings. The first-order valence-electron chi connectivity index (χ1n) is 12.1. The molecule has 0 atom stereocenters. The topological polar surface area (TPSA) is 150 Å². The highest BCUT2D eigenvalue weighted by molar-refractivity contribution is 5.94. The first-order chi connectivity index (χ1) is 17.8. The minimum absolute atomic E-state index is 0.122. The molecule has 0 radical (unpaired) electrons. The van der Waals surface area contributed by atoms with E-state index < -0.39 is 0 Å². The van der Waals surface area contributed by atoms with Crippen LogP contribution in [-0.4, -0.2) is 60.2 Å². The third-order valence-corrected chi connectivity index (χ3v) is 6.12. The van der Waals surface area contributed by atoms with Crippen molar-refractivity contribution < 1.29 is 23.9 Å². The smallest absolute Gasteiger partial charge is 0.253 e. The van der Waals surface area contributed by atoms with Crippen LogP contribution in [0.4, 0.5) is 0 Å². The van der Waals surface area contributed by atoms with E-state index in [1.807, 2.05) is 0 Å². The van der Waals surface area contributed by atoms with Gasteiger partial charge in [-0.25, -0.2) is 4.52 Å². The fraction of sp³-hybridized carbons (Fsp3) is 0.440. The molecule has 1 aliphatic heterocycles. The van der Waals surface area contributed by atoms with E-state index in [4.69, 9.17) is 14.0 Å². The van der Waals surface area contributed by atoms with Gasteiger partial charge in [-0.05, 0) is 30.4 Å². The lowest BCUT2D eigenvalue weighted by Gasteiger charge is -2.23. The molecule has 5 heterocycles. The fourth-order valence-corrected chi connectivity index (χ4v) is 4.23. The Labute approximate surface area is 213 Å². The zero-order valence-corrected chi connectivity index (χ0v) is 21.0. The number of aliphatic hydroxyl groups is 1. The van der Waals surface area contributed by atoms with E-state index in [0.717, 1.165) is 18.4 Å². The van der Waals surface area contributed by atoms with E-state index in [1.165, 1.54) is 0 Å². The van der Waals surface area contributed by atoms with Crippen molar-refractivity contribution in [3.05, 3.63) is 53.2 Å². The van der Waals surface area contributed by atoms with Crippen molar-refractivity contribution in [2.45, 2.75) is 58.3 Å². The van der Waals surface area contributed by atoms with E-state index in [1.54, 1.807) is 35.1 Å². The minimum Gasteiger partial charge on any atom is -0.470 e. The van der Waals surface area contributed by atoms with Gasteiger partial charge in [0.2, 0.25) is 11.7 Å². The summed E-state index contributed by atoms with van der Waals surface area (Å²) in [6, 6.07) is 5.22. The summed E-state index contributed by atoms with van der Waals surface area (Å²) < 4.78 is 18.2. The van der Waals surface area contributed by atoms with Gasteiger partial charge in [-0.1, -0.05) is 25.9 Å². The van der Waals surface area contributed by atoms with Crippen molar-refractivity contribution in [1.29, 1.82) is 0 Å². The molecule has 1 amide bonds. The number of carbonyl (C=O) groups excluding carboxylic acids is 1. The minimum atomic E-state index is -0.322. The van der Waals surface area contributed by atoms with Crippen LogP contribution in [0.5, 0.6) is 5.88 Å². The van der Waals surface area contributed by atoms with Crippen LogP contribution < -0.4 is 10.1 Å². The molecular weight excluding hydrogens is 478 g/mol. The van der Waals surface area contributed by atoms with Gasteiger partial charge in [0.25, 0.3) is 5.91 Å². The SMILES string of the molecule is CC(C)(C)c1c(OCc2ccc(C(=O)NC3CCOCC3)cn2)nn2c(-c3cc(CO)on3)nncc12. The van der Waals surface area contributed by atoms with Gasteiger partial charge >= 0.3 is 0 Å².